The number of piperazine rings is 1. The Morgan fingerprint density at radius 3 is 2.19 bits per heavy atom. The van der Waals surface area contributed by atoms with Crippen LogP contribution in [0, 0.1) is 11.3 Å². The first-order valence-electron chi connectivity index (χ1n) is 6.28. The van der Waals surface area contributed by atoms with Crippen LogP contribution in [0.1, 0.15) is 27.2 Å². The normalized spacial score (nSPS) is 21.2. The Morgan fingerprint density at radius 2 is 1.75 bits per heavy atom. The van der Waals surface area contributed by atoms with Crippen molar-refractivity contribution in [3.05, 3.63) is 0 Å². The van der Waals surface area contributed by atoms with E-state index in [4.69, 9.17) is 11.1 Å². The molecule has 0 saturated carbocycles. The van der Waals surface area contributed by atoms with Crippen molar-refractivity contribution >= 4 is 5.84 Å². The zero-order valence-corrected chi connectivity index (χ0v) is 10.9. The molecule has 1 rings (SSSR count). The van der Waals surface area contributed by atoms with Gasteiger partial charge in [-0.25, -0.2) is 0 Å². The van der Waals surface area contributed by atoms with Crippen molar-refractivity contribution in [2.45, 2.75) is 33.2 Å². The number of rotatable bonds is 5. The fraction of sp³-hybridized carbons (Fsp3) is 0.917. The SMILES string of the molecule is CC(C)CN1CCN(C(C)CC(=N)N)CC1. The first-order valence-corrected chi connectivity index (χ1v) is 6.28. The lowest BCUT2D eigenvalue weighted by Crippen LogP contribution is -2.50. The van der Waals surface area contributed by atoms with Crippen molar-refractivity contribution in [2.75, 3.05) is 32.7 Å². The van der Waals surface area contributed by atoms with Gasteiger partial charge in [-0.3, -0.25) is 10.3 Å². The molecule has 0 aromatic heterocycles. The standard InChI is InChI=1S/C12H26N4/c1-10(2)9-15-4-6-16(7-5-15)11(3)8-12(13)14/h10-11H,4-9H2,1-3H3,(H3,13,14). The highest BCUT2D eigenvalue weighted by Crippen LogP contribution is 2.10. The van der Waals surface area contributed by atoms with Crippen LogP contribution in [0.2, 0.25) is 0 Å². The van der Waals surface area contributed by atoms with Crippen molar-refractivity contribution in [1.82, 2.24) is 9.80 Å². The zero-order valence-electron chi connectivity index (χ0n) is 10.9. The molecule has 4 heteroatoms. The summed E-state index contributed by atoms with van der Waals surface area (Å²) in [7, 11) is 0. The summed E-state index contributed by atoms with van der Waals surface area (Å²) < 4.78 is 0. The second-order valence-corrected chi connectivity index (χ2v) is 5.31. The summed E-state index contributed by atoms with van der Waals surface area (Å²) in [4.78, 5) is 4.97. The fourth-order valence-electron chi connectivity index (χ4n) is 2.35. The van der Waals surface area contributed by atoms with Crippen molar-refractivity contribution in [1.29, 1.82) is 5.41 Å². The molecular weight excluding hydrogens is 200 g/mol. The maximum Gasteiger partial charge on any atom is 0.0920 e. The summed E-state index contributed by atoms with van der Waals surface area (Å²) in [6, 6.07) is 0.415. The van der Waals surface area contributed by atoms with Gasteiger partial charge in [0.2, 0.25) is 0 Å². The second kappa shape index (κ2) is 6.21. The van der Waals surface area contributed by atoms with Crippen LogP contribution in [0.3, 0.4) is 0 Å². The molecule has 1 aliphatic heterocycles. The highest BCUT2D eigenvalue weighted by molar-refractivity contribution is 5.77. The van der Waals surface area contributed by atoms with Crippen LogP contribution >= 0.6 is 0 Å². The van der Waals surface area contributed by atoms with Crippen LogP contribution < -0.4 is 5.73 Å². The van der Waals surface area contributed by atoms with E-state index in [1.807, 2.05) is 0 Å². The molecule has 1 heterocycles. The van der Waals surface area contributed by atoms with Gasteiger partial charge in [0.1, 0.15) is 0 Å². The molecule has 0 bridgehead atoms. The number of amidine groups is 1. The van der Waals surface area contributed by atoms with E-state index >= 15 is 0 Å². The largest absolute Gasteiger partial charge is 0.388 e. The average molecular weight is 226 g/mol. The van der Waals surface area contributed by atoms with Gasteiger partial charge in [0, 0.05) is 45.2 Å². The van der Waals surface area contributed by atoms with Crippen LogP contribution in [0.4, 0.5) is 0 Å². The summed E-state index contributed by atoms with van der Waals surface area (Å²) in [6.07, 6.45) is 0.699. The van der Waals surface area contributed by atoms with Crippen LogP contribution in [-0.2, 0) is 0 Å². The lowest BCUT2D eigenvalue weighted by Gasteiger charge is -2.38. The highest BCUT2D eigenvalue weighted by Gasteiger charge is 2.21. The lowest BCUT2D eigenvalue weighted by atomic mass is 10.1. The predicted octanol–water partition coefficient (Wildman–Crippen LogP) is 0.975. The van der Waals surface area contributed by atoms with Gasteiger partial charge < -0.3 is 10.6 Å². The van der Waals surface area contributed by atoms with Crippen molar-refractivity contribution in [2.24, 2.45) is 11.7 Å². The molecule has 4 nitrogen and oxygen atoms in total. The molecule has 0 radical (unpaired) electrons. The minimum atomic E-state index is 0.303. The topological polar surface area (TPSA) is 56.4 Å². The monoisotopic (exact) mass is 226 g/mol. The summed E-state index contributed by atoms with van der Waals surface area (Å²) >= 11 is 0. The van der Waals surface area contributed by atoms with Crippen LogP contribution in [0.25, 0.3) is 0 Å². The Labute approximate surface area is 99.3 Å². The van der Waals surface area contributed by atoms with E-state index in [2.05, 4.69) is 30.6 Å². The van der Waals surface area contributed by atoms with E-state index in [9.17, 15) is 0 Å². The maximum atomic E-state index is 7.32. The minimum Gasteiger partial charge on any atom is -0.388 e. The summed E-state index contributed by atoms with van der Waals surface area (Å²) in [5, 5.41) is 7.32. The summed E-state index contributed by atoms with van der Waals surface area (Å²) in [5.41, 5.74) is 5.44. The predicted molar refractivity (Wildman–Crippen MR) is 68.8 cm³/mol. The Morgan fingerprint density at radius 1 is 1.19 bits per heavy atom. The van der Waals surface area contributed by atoms with E-state index < -0.39 is 0 Å². The second-order valence-electron chi connectivity index (χ2n) is 5.31. The Bertz CT molecular complexity index is 219. The maximum absolute atomic E-state index is 7.32. The lowest BCUT2D eigenvalue weighted by molar-refractivity contribution is 0.0968. The van der Waals surface area contributed by atoms with Gasteiger partial charge in [0.05, 0.1) is 5.84 Å². The molecular formula is C12H26N4. The van der Waals surface area contributed by atoms with E-state index in [-0.39, 0.29) is 0 Å². The Hall–Kier alpha value is -0.610. The van der Waals surface area contributed by atoms with Gasteiger partial charge >= 0.3 is 0 Å². The van der Waals surface area contributed by atoms with Gasteiger partial charge in [0.25, 0.3) is 0 Å². The van der Waals surface area contributed by atoms with E-state index in [1.165, 1.54) is 6.54 Å². The average Bonchev–Trinajstić information content (AvgIpc) is 2.16. The van der Waals surface area contributed by atoms with E-state index in [1.54, 1.807) is 0 Å². The van der Waals surface area contributed by atoms with Crippen molar-refractivity contribution in [3.8, 4) is 0 Å². The first kappa shape index (κ1) is 13.5. The smallest absolute Gasteiger partial charge is 0.0920 e. The van der Waals surface area contributed by atoms with E-state index in [0.717, 1.165) is 32.1 Å². The number of nitrogens with two attached hydrogens (primary N) is 1. The third kappa shape index (κ3) is 4.49. The van der Waals surface area contributed by atoms with Gasteiger partial charge in [-0.2, -0.15) is 0 Å². The molecule has 0 aromatic rings. The molecule has 3 N–H and O–H groups in total. The van der Waals surface area contributed by atoms with Crippen LogP contribution in [0.5, 0.6) is 0 Å². The molecule has 0 spiro atoms. The number of hydrogen-bond acceptors (Lipinski definition) is 3. The molecule has 0 amide bonds. The Kier molecular flexibility index (Phi) is 5.22. The quantitative estimate of drug-likeness (QED) is 0.542. The van der Waals surface area contributed by atoms with Gasteiger partial charge in [-0.15, -0.1) is 0 Å². The zero-order chi connectivity index (χ0) is 12.1. The highest BCUT2D eigenvalue weighted by atomic mass is 15.3. The van der Waals surface area contributed by atoms with Crippen molar-refractivity contribution < 1.29 is 0 Å². The molecule has 1 atom stereocenters. The van der Waals surface area contributed by atoms with Gasteiger partial charge in [0.15, 0.2) is 0 Å². The minimum absolute atomic E-state index is 0.303. The Balaban J connectivity index is 2.28. The van der Waals surface area contributed by atoms with Crippen LogP contribution in [0.15, 0.2) is 0 Å². The van der Waals surface area contributed by atoms with Gasteiger partial charge in [-0.05, 0) is 12.8 Å². The molecule has 0 aromatic carbocycles. The van der Waals surface area contributed by atoms with Gasteiger partial charge in [-0.1, -0.05) is 13.8 Å². The molecule has 1 fully saturated rings. The summed E-state index contributed by atoms with van der Waals surface area (Å²) in [6.45, 7) is 12.4. The fourth-order valence-corrected chi connectivity index (χ4v) is 2.35. The molecule has 1 saturated heterocycles. The van der Waals surface area contributed by atoms with E-state index in [0.29, 0.717) is 18.3 Å². The molecule has 94 valence electrons. The third-order valence-corrected chi connectivity index (χ3v) is 3.17. The first-order chi connectivity index (χ1) is 7.49. The summed E-state index contributed by atoms with van der Waals surface area (Å²) in [5.74, 6) is 1.05. The number of hydrogen-bond donors (Lipinski definition) is 2. The van der Waals surface area contributed by atoms with Crippen molar-refractivity contribution in [3.63, 3.8) is 0 Å². The van der Waals surface area contributed by atoms with Crippen LogP contribution in [-0.4, -0.2) is 54.4 Å². The third-order valence-electron chi connectivity index (χ3n) is 3.17. The number of nitrogens with one attached hydrogen (secondary N) is 1. The molecule has 1 unspecified atom stereocenters. The molecule has 16 heavy (non-hydrogen) atoms. The molecule has 0 aliphatic carbocycles. The molecule has 1 aliphatic rings. The number of nitrogens with zero attached hydrogens (tertiary/aromatic N) is 2.